The first-order valence-electron chi connectivity index (χ1n) is 7.73. The predicted octanol–water partition coefficient (Wildman–Crippen LogP) is 2.09. The first kappa shape index (κ1) is 14.4. The van der Waals surface area contributed by atoms with Crippen molar-refractivity contribution in [2.24, 2.45) is 0 Å². The fourth-order valence-electron chi connectivity index (χ4n) is 2.48. The lowest BCUT2D eigenvalue weighted by Gasteiger charge is -2.08. The number of hydrogen-bond donors (Lipinski definition) is 2. The van der Waals surface area contributed by atoms with Crippen molar-refractivity contribution in [1.82, 2.24) is 20.0 Å². The molecule has 24 heavy (non-hydrogen) atoms. The molecular weight excluding hydrogens is 306 g/mol. The van der Waals surface area contributed by atoms with Crippen LogP contribution in [0.15, 0.2) is 53.3 Å². The number of nitrogens with one attached hydrogen (secondary N) is 2. The molecule has 0 unspecified atom stereocenters. The lowest BCUT2D eigenvalue weighted by molar-refractivity contribution is 0.102. The second-order valence-electron chi connectivity index (χ2n) is 5.74. The summed E-state index contributed by atoms with van der Waals surface area (Å²) in [6, 6.07) is 14.2. The van der Waals surface area contributed by atoms with E-state index in [1.165, 1.54) is 12.1 Å². The van der Waals surface area contributed by atoms with E-state index in [0.717, 1.165) is 24.2 Å². The van der Waals surface area contributed by atoms with Crippen molar-refractivity contribution in [3.63, 3.8) is 0 Å². The van der Waals surface area contributed by atoms with E-state index in [0.29, 0.717) is 11.7 Å². The van der Waals surface area contributed by atoms with Crippen LogP contribution in [-0.4, -0.2) is 25.9 Å². The van der Waals surface area contributed by atoms with Crippen LogP contribution in [-0.2, 0) is 0 Å². The van der Waals surface area contributed by atoms with Crippen LogP contribution in [0.1, 0.15) is 34.9 Å². The van der Waals surface area contributed by atoms with Gasteiger partial charge in [-0.3, -0.25) is 9.59 Å². The van der Waals surface area contributed by atoms with Crippen molar-refractivity contribution < 1.29 is 4.79 Å². The van der Waals surface area contributed by atoms with Crippen LogP contribution in [0.3, 0.4) is 0 Å². The van der Waals surface area contributed by atoms with Crippen molar-refractivity contribution in [3.05, 3.63) is 70.3 Å². The molecule has 0 bridgehead atoms. The van der Waals surface area contributed by atoms with Crippen molar-refractivity contribution in [1.29, 1.82) is 0 Å². The predicted molar refractivity (Wildman–Crippen MR) is 88.3 cm³/mol. The molecule has 0 spiro atoms. The second-order valence-corrected chi connectivity index (χ2v) is 5.74. The van der Waals surface area contributed by atoms with Gasteiger partial charge in [-0.25, -0.2) is 9.78 Å². The highest BCUT2D eigenvalue weighted by Gasteiger charge is 2.28. The van der Waals surface area contributed by atoms with E-state index in [-0.39, 0.29) is 11.3 Å². The van der Waals surface area contributed by atoms with Crippen LogP contribution in [0, 0.1) is 0 Å². The van der Waals surface area contributed by atoms with E-state index in [1.807, 2.05) is 36.4 Å². The number of para-hydroxylation sites is 1. The molecule has 4 rings (SSSR count). The quantitative estimate of drug-likeness (QED) is 0.769. The number of aromatic nitrogens is 4. The number of nitrogens with zero attached hydrogens (tertiary/aromatic N) is 3. The number of hydrogen-bond acceptors (Lipinski definition) is 4. The lowest BCUT2D eigenvalue weighted by atomic mass is 10.3. The van der Waals surface area contributed by atoms with Gasteiger partial charge >= 0.3 is 0 Å². The molecule has 2 heterocycles. The Balaban J connectivity index is 1.67. The van der Waals surface area contributed by atoms with Gasteiger partial charge in [-0.05, 0) is 31.0 Å². The monoisotopic (exact) mass is 321 g/mol. The maximum absolute atomic E-state index is 12.4. The largest absolute Gasteiger partial charge is 0.305 e. The van der Waals surface area contributed by atoms with Gasteiger partial charge < -0.3 is 5.32 Å². The van der Waals surface area contributed by atoms with Crippen molar-refractivity contribution in [2.45, 2.75) is 18.8 Å². The summed E-state index contributed by atoms with van der Waals surface area (Å²) in [4.78, 5) is 23.4. The standard InChI is InChI=1S/C17H15N5O2/c23-16-9-8-13(19-20-16)17(24)18-15-10-14(11-6-7-11)21-22(15)12-4-2-1-3-5-12/h1-5,8-11H,6-7H2,(H,18,24)(H,20,23). The van der Waals surface area contributed by atoms with E-state index in [9.17, 15) is 9.59 Å². The molecule has 1 amide bonds. The SMILES string of the molecule is O=C(Nc1cc(C2CC2)nn1-c1ccccc1)c1ccc(=O)[nH]n1. The zero-order valence-electron chi connectivity index (χ0n) is 12.8. The molecule has 1 fully saturated rings. The van der Waals surface area contributed by atoms with E-state index in [1.54, 1.807) is 4.68 Å². The molecule has 7 nitrogen and oxygen atoms in total. The Labute approximate surface area is 137 Å². The molecule has 0 atom stereocenters. The highest BCUT2D eigenvalue weighted by Crippen LogP contribution is 2.40. The van der Waals surface area contributed by atoms with Gasteiger partial charge in [-0.15, -0.1) is 0 Å². The Kier molecular flexibility index (Phi) is 3.45. The summed E-state index contributed by atoms with van der Waals surface area (Å²) in [7, 11) is 0. The van der Waals surface area contributed by atoms with Crippen LogP contribution in [0.2, 0.25) is 0 Å². The van der Waals surface area contributed by atoms with Gasteiger partial charge in [0.2, 0.25) is 0 Å². The summed E-state index contributed by atoms with van der Waals surface area (Å²) in [6.07, 6.45) is 2.25. The highest BCUT2D eigenvalue weighted by molar-refractivity contribution is 6.02. The third-order valence-corrected chi connectivity index (χ3v) is 3.88. The molecule has 7 heteroatoms. The topological polar surface area (TPSA) is 92.7 Å². The third kappa shape index (κ3) is 2.83. The Bertz CT molecular complexity index is 921. The number of amides is 1. The molecular formula is C17H15N5O2. The van der Waals surface area contributed by atoms with Crippen molar-refractivity contribution in [2.75, 3.05) is 5.32 Å². The number of carbonyl (C=O) groups excluding carboxylic acids is 1. The van der Waals surface area contributed by atoms with E-state index < -0.39 is 5.91 Å². The number of rotatable bonds is 4. The summed E-state index contributed by atoms with van der Waals surface area (Å²) in [5.41, 5.74) is 1.64. The van der Waals surface area contributed by atoms with Crippen LogP contribution in [0.4, 0.5) is 5.82 Å². The van der Waals surface area contributed by atoms with Crippen molar-refractivity contribution >= 4 is 11.7 Å². The Morgan fingerprint density at radius 2 is 1.96 bits per heavy atom. The maximum atomic E-state index is 12.4. The van der Waals surface area contributed by atoms with Gasteiger partial charge in [0, 0.05) is 18.1 Å². The third-order valence-electron chi connectivity index (χ3n) is 3.88. The minimum absolute atomic E-state index is 0.142. The summed E-state index contributed by atoms with van der Waals surface area (Å²) >= 11 is 0. The Hall–Kier alpha value is -3.22. The van der Waals surface area contributed by atoms with Gasteiger partial charge in [0.25, 0.3) is 11.5 Å². The second kappa shape index (κ2) is 5.77. The average Bonchev–Trinajstić information content (AvgIpc) is 3.37. The summed E-state index contributed by atoms with van der Waals surface area (Å²) < 4.78 is 1.72. The van der Waals surface area contributed by atoms with Crippen LogP contribution < -0.4 is 10.9 Å². The fourth-order valence-corrected chi connectivity index (χ4v) is 2.48. The van der Waals surface area contributed by atoms with Crippen molar-refractivity contribution in [3.8, 4) is 5.69 Å². The van der Waals surface area contributed by atoms with Crippen LogP contribution >= 0.6 is 0 Å². The smallest absolute Gasteiger partial charge is 0.277 e. The maximum Gasteiger partial charge on any atom is 0.277 e. The summed E-state index contributed by atoms with van der Waals surface area (Å²) in [5, 5.41) is 13.5. The molecule has 1 aliphatic carbocycles. The number of anilines is 1. The molecule has 2 aromatic heterocycles. The number of H-pyrrole nitrogens is 1. The Morgan fingerprint density at radius 1 is 1.17 bits per heavy atom. The van der Waals surface area contributed by atoms with E-state index in [2.05, 4.69) is 20.6 Å². The minimum atomic E-state index is -0.398. The number of benzene rings is 1. The molecule has 2 N–H and O–H groups in total. The first-order valence-corrected chi connectivity index (χ1v) is 7.73. The first-order chi connectivity index (χ1) is 11.7. The number of carbonyl (C=O) groups is 1. The zero-order chi connectivity index (χ0) is 16.5. The van der Waals surface area contributed by atoms with Gasteiger partial charge in [0.05, 0.1) is 11.4 Å². The molecule has 1 aliphatic rings. The molecule has 0 saturated heterocycles. The van der Waals surface area contributed by atoms with Gasteiger partial charge in [-0.1, -0.05) is 18.2 Å². The fraction of sp³-hybridized carbons (Fsp3) is 0.176. The lowest BCUT2D eigenvalue weighted by Crippen LogP contribution is -2.19. The van der Waals surface area contributed by atoms with Crippen LogP contribution in [0.5, 0.6) is 0 Å². The van der Waals surface area contributed by atoms with Crippen LogP contribution in [0.25, 0.3) is 5.69 Å². The van der Waals surface area contributed by atoms with Gasteiger partial charge in [0.1, 0.15) is 11.5 Å². The average molecular weight is 321 g/mol. The molecule has 3 aromatic rings. The highest BCUT2D eigenvalue weighted by atomic mass is 16.2. The molecule has 120 valence electrons. The number of aromatic amines is 1. The molecule has 0 aliphatic heterocycles. The summed E-state index contributed by atoms with van der Waals surface area (Å²) in [6.45, 7) is 0. The molecule has 0 radical (unpaired) electrons. The minimum Gasteiger partial charge on any atom is -0.305 e. The molecule has 1 aromatic carbocycles. The van der Waals surface area contributed by atoms with Gasteiger partial charge in [0.15, 0.2) is 0 Å². The zero-order valence-corrected chi connectivity index (χ0v) is 12.8. The van der Waals surface area contributed by atoms with Gasteiger partial charge in [-0.2, -0.15) is 10.2 Å². The van der Waals surface area contributed by atoms with E-state index in [4.69, 9.17) is 0 Å². The summed E-state index contributed by atoms with van der Waals surface area (Å²) in [5.74, 6) is 0.656. The normalized spacial score (nSPS) is 13.7. The van der Waals surface area contributed by atoms with E-state index >= 15 is 0 Å². The Morgan fingerprint density at radius 3 is 2.62 bits per heavy atom. The molecule has 1 saturated carbocycles.